The molecule has 7 nitrogen and oxygen atoms in total. The Hall–Kier alpha value is -2.22. The Morgan fingerprint density at radius 1 is 1.04 bits per heavy atom. The predicted octanol–water partition coefficient (Wildman–Crippen LogP) is 2.70. The number of carbonyl (C=O) groups is 1. The number of piperazine rings is 1. The third-order valence-electron chi connectivity index (χ3n) is 4.65. The lowest BCUT2D eigenvalue weighted by Crippen LogP contribution is -2.47. The van der Waals surface area contributed by atoms with Crippen LogP contribution in [0.1, 0.15) is 11.1 Å². The summed E-state index contributed by atoms with van der Waals surface area (Å²) >= 11 is 12.3. The van der Waals surface area contributed by atoms with E-state index >= 15 is 0 Å². The van der Waals surface area contributed by atoms with Gasteiger partial charge in [-0.3, -0.25) is 9.69 Å². The first-order valence-electron chi connectivity index (χ1n) is 8.41. The molecule has 1 aliphatic rings. The van der Waals surface area contributed by atoms with Crippen LogP contribution in [0.2, 0.25) is 10.0 Å². The van der Waals surface area contributed by atoms with E-state index in [4.69, 9.17) is 28.3 Å². The highest BCUT2D eigenvalue weighted by molar-refractivity contribution is 6.35. The maximum Gasteiger partial charge on any atom is 0.407 e. The zero-order valence-corrected chi connectivity index (χ0v) is 15.9. The Bertz CT molecular complexity index is 888. The van der Waals surface area contributed by atoms with E-state index in [1.165, 1.54) is 9.47 Å². The highest BCUT2D eigenvalue weighted by Crippen LogP contribution is 2.25. The largest absolute Gasteiger partial charge is 0.503 e. The van der Waals surface area contributed by atoms with Crippen LogP contribution in [-0.2, 0) is 13.1 Å². The van der Waals surface area contributed by atoms with Crippen molar-refractivity contribution in [1.82, 2.24) is 14.4 Å². The van der Waals surface area contributed by atoms with Gasteiger partial charge in [0.15, 0.2) is 5.75 Å². The fourth-order valence-corrected chi connectivity index (χ4v) is 3.56. The lowest BCUT2D eigenvalue weighted by Gasteiger charge is -2.33. The van der Waals surface area contributed by atoms with Crippen molar-refractivity contribution in [2.75, 3.05) is 26.2 Å². The van der Waals surface area contributed by atoms with Gasteiger partial charge >= 0.3 is 6.09 Å². The molecule has 0 spiro atoms. The number of benzene rings is 1. The van der Waals surface area contributed by atoms with E-state index in [9.17, 15) is 14.7 Å². The second-order valence-corrected chi connectivity index (χ2v) is 7.18. The number of hydrogen-bond acceptors (Lipinski definition) is 4. The van der Waals surface area contributed by atoms with E-state index in [-0.39, 0.29) is 12.3 Å². The zero-order valence-electron chi connectivity index (χ0n) is 14.4. The summed E-state index contributed by atoms with van der Waals surface area (Å²) in [4.78, 5) is 26.8. The quantitative estimate of drug-likeness (QED) is 0.807. The third kappa shape index (κ3) is 4.37. The van der Waals surface area contributed by atoms with Gasteiger partial charge < -0.3 is 19.7 Å². The second-order valence-electron chi connectivity index (χ2n) is 6.37. The van der Waals surface area contributed by atoms with Gasteiger partial charge in [-0.2, -0.15) is 0 Å². The molecule has 0 atom stereocenters. The minimum atomic E-state index is -0.932. The minimum absolute atomic E-state index is 0.155. The molecule has 144 valence electrons. The SMILES string of the molecule is O=C(O)N1CCN(Cc2ccn(Cc3c(Cl)cccc3Cl)c(=O)c2O)CC1. The molecule has 2 aromatic rings. The zero-order chi connectivity index (χ0) is 19.6. The van der Waals surface area contributed by atoms with E-state index < -0.39 is 11.7 Å². The van der Waals surface area contributed by atoms with Crippen LogP contribution < -0.4 is 5.56 Å². The Morgan fingerprint density at radius 2 is 1.67 bits per heavy atom. The summed E-state index contributed by atoms with van der Waals surface area (Å²) in [6, 6.07) is 6.80. The molecule has 27 heavy (non-hydrogen) atoms. The van der Waals surface area contributed by atoms with Crippen LogP contribution in [-0.4, -0.2) is 56.9 Å². The Morgan fingerprint density at radius 3 is 2.26 bits per heavy atom. The average Bonchev–Trinajstić information content (AvgIpc) is 2.64. The number of aromatic hydroxyl groups is 1. The van der Waals surface area contributed by atoms with E-state index in [0.29, 0.717) is 53.9 Å². The highest BCUT2D eigenvalue weighted by Gasteiger charge is 2.21. The number of nitrogens with zero attached hydrogens (tertiary/aromatic N) is 3. The Balaban J connectivity index is 1.74. The van der Waals surface area contributed by atoms with Crippen molar-refractivity contribution < 1.29 is 15.0 Å². The van der Waals surface area contributed by atoms with Crippen LogP contribution in [0.25, 0.3) is 0 Å². The fraction of sp³-hybridized carbons (Fsp3) is 0.333. The molecule has 1 saturated heterocycles. The van der Waals surface area contributed by atoms with Crippen LogP contribution in [0, 0.1) is 0 Å². The van der Waals surface area contributed by atoms with Crippen molar-refractivity contribution in [1.29, 1.82) is 0 Å². The second kappa shape index (κ2) is 8.21. The van der Waals surface area contributed by atoms with Gasteiger partial charge in [0.1, 0.15) is 0 Å². The molecular weight excluding hydrogens is 393 g/mol. The number of pyridine rings is 1. The van der Waals surface area contributed by atoms with Crippen molar-refractivity contribution in [2.45, 2.75) is 13.1 Å². The molecule has 0 unspecified atom stereocenters. The lowest BCUT2D eigenvalue weighted by atomic mass is 10.2. The van der Waals surface area contributed by atoms with Gasteiger partial charge in [0.2, 0.25) is 0 Å². The van der Waals surface area contributed by atoms with Gasteiger partial charge in [-0.1, -0.05) is 29.3 Å². The summed E-state index contributed by atoms with van der Waals surface area (Å²) in [6.45, 7) is 2.43. The summed E-state index contributed by atoms with van der Waals surface area (Å²) < 4.78 is 1.36. The first kappa shape index (κ1) is 19.5. The molecule has 1 aliphatic heterocycles. The van der Waals surface area contributed by atoms with Gasteiger partial charge in [0.25, 0.3) is 5.56 Å². The molecule has 1 fully saturated rings. The molecule has 1 aromatic heterocycles. The third-order valence-corrected chi connectivity index (χ3v) is 5.36. The first-order valence-corrected chi connectivity index (χ1v) is 9.17. The molecule has 0 bridgehead atoms. The number of aromatic nitrogens is 1. The molecule has 3 rings (SSSR count). The van der Waals surface area contributed by atoms with Crippen LogP contribution in [0.3, 0.4) is 0 Å². The van der Waals surface area contributed by atoms with Crippen molar-refractivity contribution in [3.63, 3.8) is 0 Å². The molecule has 9 heteroatoms. The number of halogens is 2. The van der Waals surface area contributed by atoms with Gasteiger partial charge in [-0.25, -0.2) is 4.79 Å². The van der Waals surface area contributed by atoms with Gasteiger partial charge in [0.05, 0.1) is 6.54 Å². The fourth-order valence-electron chi connectivity index (χ4n) is 3.04. The Kier molecular flexibility index (Phi) is 5.94. The maximum atomic E-state index is 12.5. The van der Waals surface area contributed by atoms with E-state index in [0.717, 1.165) is 0 Å². The van der Waals surface area contributed by atoms with Crippen molar-refractivity contribution in [3.8, 4) is 5.75 Å². The standard InChI is InChI=1S/C18H19Cl2N3O4/c19-14-2-1-3-15(20)13(14)11-23-5-4-12(16(24)17(23)25)10-21-6-8-22(9-7-21)18(26)27/h1-5,24H,6-11H2,(H,26,27). The smallest absolute Gasteiger partial charge is 0.407 e. The summed E-state index contributed by atoms with van der Waals surface area (Å²) in [6.07, 6.45) is 0.670. The molecular formula is C18H19Cl2N3O4. The van der Waals surface area contributed by atoms with Gasteiger partial charge in [0, 0.05) is 60.1 Å². The molecule has 0 radical (unpaired) electrons. The monoisotopic (exact) mass is 411 g/mol. The summed E-state index contributed by atoms with van der Waals surface area (Å²) in [5.41, 5.74) is 0.595. The van der Waals surface area contributed by atoms with Crippen LogP contribution in [0.5, 0.6) is 5.75 Å². The molecule has 2 heterocycles. The van der Waals surface area contributed by atoms with E-state index in [1.807, 2.05) is 4.90 Å². The van der Waals surface area contributed by atoms with Crippen molar-refractivity contribution in [2.24, 2.45) is 0 Å². The van der Waals surface area contributed by atoms with Crippen molar-refractivity contribution in [3.05, 3.63) is 62.0 Å². The van der Waals surface area contributed by atoms with Crippen LogP contribution in [0.4, 0.5) is 4.79 Å². The minimum Gasteiger partial charge on any atom is -0.503 e. The molecule has 1 aromatic carbocycles. The lowest BCUT2D eigenvalue weighted by molar-refractivity contribution is 0.102. The molecule has 1 amide bonds. The van der Waals surface area contributed by atoms with Crippen LogP contribution in [0.15, 0.2) is 35.3 Å². The molecule has 2 N–H and O–H groups in total. The molecule has 0 aliphatic carbocycles. The normalized spacial score (nSPS) is 15.1. The number of rotatable bonds is 4. The number of hydrogen-bond donors (Lipinski definition) is 2. The number of amides is 1. The van der Waals surface area contributed by atoms with Gasteiger partial charge in [-0.05, 0) is 18.2 Å². The summed E-state index contributed by atoms with van der Waals surface area (Å²) in [7, 11) is 0. The molecule has 0 saturated carbocycles. The summed E-state index contributed by atoms with van der Waals surface area (Å²) in [5.74, 6) is -0.318. The highest BCUT2D eigenvalue weighted by atomic mass is 35.5. The van der Waals surface area contributed by atoms with Gasteiger partial charge in [-0.15, -0.1) is 0 Å². The number of carboxylic acid groups (broad SMARTS) is 1. The first-order chi connectivity index (χ1) is 12.9. The van der Waals surface area contributed by atoms with E-state index in [2.05, 4.69) is 0 Å². The van der Waals surface area contributed by atoms with Crippen LogP contribution >= 0.6 is 23.2 Å². The predicted molar refractivity (Wildman–Crippen MR) is 103 cm³/mol. The summed E-state index contributed by atoms with van der Waals surface area (Å²) in [5, 5.41) is 20.2. The average molecular weight is 412 g/mol. The topological polar surface area (TPSA) is 86.0 Å². The maximum absolute atomic E-state index is 12.5. The van der Waals surface area contributed by atoms with E-state index in [1.54, 1.807) is 30.5 Å². The Labute approximate surface area is 166 Å². The van der Waals surface area contributed by atoms with Crippen molar-refractivity contribution >= 4 is 29.3 Å².